The summed E-state index contributed by atoms with van der Waals surface area (Å²) in [4.78, 5) is 25.4. The third-order valence-electron chi connectivity index (χ3n) is 6.40. The summed E-state index contributed by atoms with van der Waals surface area (Å²) in [5, 5.41) is 2.73. The van der Waals surface area contributed by atoms with Gasteiger partial charge in [0.25, 0.3) is 5.91 Å². The van der Waals surface area contributed by atoms with Gasteiger partial charge in [0.2, 0.25) is 0 Å². The second-order valence-electron chi connectivity index (χ2n) is 8.93. The number of hydrogen-bond acceptors (Lipinski definition) is 5. The number of hydrogen-bond donors (Lipinski definition) is 1. The number of alkyl halides is 3. The van der Waals surface area contributed by atoms with Gasteiger partial charge in [0.05, 0.1) is 23.7 Å². The molecular formula is C26H25F3N6O. The largest absolute Gasteiger partial charge is 0.416 e. The monoisotopic (exact) mass is 494 g/mol. The average Bonchev–Trinajstić information content (AvgIpc) is 3.29. The highest BCUT2D eigenvalue weighted by atomic mass is 19.4. The van der Waals surface area contributed by atoms with E-state index in [2.05, 4.69) is 20.2 Å². The first kappa shape index (κ1) is 24.0. The molecule has 7 nitrogen and oxygen atoms in total. The predicted octanol–water partition coefficient (Wildman–Crippen LogP) is 4.41. The Balaban J connectivity index is 1.37. The lowest BCUT2D eigenvalue weighted by molar-refractivity contribution is -0.138. The Hall–Kier alpha value is -3.76. The normalized spacial score (nSPS) is 15.3. The summed E-state index contributed by atoms with van der Waals surface area (Å²) >= 11 is 0. The molecule has 1 fully saturated rings. The fourth-order valence-corrected chi connectivity index (χ4v) is 4.38. The first-order valence-corrected chi connectivity index (χ1v) is 11.6. The summed E-state index contributed by atoms with van der Waals surface area (Å²) in [7, 11) is 2.00. The van der Waals surface area contributed by atoms with Gasteiger partial charge in [0, 0.05) is 61.9 Å². The van der Waals surface area contributed by atoms with E-state index in [4.69, 9.17) is 0 Å². The van der Waals surface area contributed by atoms with Gasteiger partial charge in [-0.3, -0.25) is 19.1 Å². The zero-order valence-electron chi connectivity index (χ0n) is 19.7. The van der Waals surface area contributed by atoms with E-state index < -0.39 is 17.6 Å². The molecule has 1 saturated heterocycles. The Morgan fingerprint density at radius 1 is 1.06 bits per heavy atom. The molecule has 186 valence electrons. The Bertz CT molecular complexity index is 1390. The number of aromatic nitrogens is 3. The van der Waals surface area contributed by atoms with Gasteiger partial charge in [-0.15, -0.1) is 0 Å². The molecular weight excluding hydrogens is 469 g/mol. The van der Waals surface area contributed by atoms with Crippen molar-refractivity contribution in [2.24, 2.45) is 0 Å². The van der Waals surface area contributed by atoms with Crippen LogP contribution in [0.15, 0.2) is 67.3 Å². The fourth-order valence-electron chi connectivity index (χ4n) is 4.38. The van der Waals surface area contributed by atoms with E-state index >= 15 is 0 Å². The molecule has 2 aromatic carbocycles. The minimum absolute atomic E-state index is 0.0456. The minimum Gasteiger partial charge on any atom is -0.322 e. The minimum atomic E-state index is -4.56. The molecule has 2 aromatic heterocycles. The number of piperazine rings is 1. The molecule has 0 bridgehead atoms. The van der Waals surface area contributed by atoms with Crippen LogP contribution < -0.4 is 5.32 Å². The highest BCUT2D eigenvalue weighted by molar-refractivity contribution is 6.04. The van der Waals surface area contributed by atoms with E-state index in [9.17, 15) is 18.0 Å². The van der Waals surface area contributed by atoms with Crippen molar-refractivity contribution >= 4 is 17.2 Å². The highest BCUT2D eigenvalue weighted by Crippen LogP contribution is 2.34. The number of rotatable bonds is 5. The van der Waals surface area contributed by atoms with Gasteiger partial charge in [0.15, 0.2) is 5.65 Å². The molecule has 1 aliphatic rings. The lowest BCUT2D eigenvalue weighted by atomic mass is 10.0. The van der Waals surface area contributed by atoms with Crippen LogP contribution in [0.5, 0.6) is 0 Å². The van der Waals surface area contributed by atoms with Gasteiger partial charge < -0.3 is 10.2 Å². The van der Waals surface area contributed by atoms with Crippen LogP contribution in [0.1, 0.15) is 21.5 Å². The SMILES string of the molecule is CN1CCN(Cc2ccc(C(=O)Nc3cccc(-c4cnc5cnccn45)c3)cc2C(F)(F)F)CC1. The lowest BCUT2D eigenvalue weighted by Gasteiger charge is -2.33. The second-order valence-corrected chi connectivity index (χ2v) is 8.93. The van der Waals surface area contributed by atoms with Crippen molar-refractivity contribution < 1.29 is 18.0 Å². The topological polar surface area (TPSA) is 65.8 Å². The smallest absolute Gasteiger partial charge is 0.322 e. The lowest BCUT2D eigenvalue weighted by Crippen LogP contribution is -2.44. The maximum atomic E-state index is 13.9. The number of nitrogens with zero attached hydrogens (tertiary/aromatic N) is 5. The van der Waals surface area contributed by atoms with Crippen LogP contribution in [0.4, 0.5) is 18.9 Å². The molecule has 4 aromatic rings. The number of carbonyl (C=O) groups excluding carboxylic acids is 1. The van der Waals surface area contributed by atoms with Crippen LogP contribution in [-0.2, 0) is 12.7 Å². The first-order chi connectivity index (χ1) is 17.3. The number of imidazole rings is 1. The Kier molecular flexibility index (Phi) is 6.46. The summed E-state index contributed by atoms with van der Waals surface area (Å²) in [5.41, 5.74) is 2.10. The van der Waals surface area contributed by atoms with Crippen LogP contribution >= 0.6 is 0 Å². The van der Waals surface area contributed by atoms with Gasteiger partial charge in [-0.2, -0.15) is 13.2 Å². The molecule has 5 rings (SSSR count). The molecule has 0 saturated carbocycles. The number of fused-ring (bicyclic) bond motifs is 1. The Labute approximate surface area is 206 Å². The summed E-state index contributed by atoms with van der Waals surface area (Å²) in [5.74, 6) is -0.605. The number of carbonyl (C=O) groups is 1. The maximum Gasteiger partial charge on any atom is 0.416 e. The average molecular weight is 495 g/mol. The third-order valence-corrected chi connectivity index (χ3v) is 6.40. The molecule has 36 heavy (non-hydrogen) atoms. The Morgan fingerprint density at radius 2 is 1.86 bits per heavy atom. The van der Waals surface area contributed by atoms with E-state index in [-0.39, 0.29) is 17.7 Å². The van der Waals surface area contributed by atoms with Crippen LogP contribution in [0.25, 0.3) is 16.9 Å². The van der Waals surface area contributed by atoms with Crippen molar-refractivity contribution in [2.75, 3.05) is 38.5 Å². The molecule has 0 unspecified atom stereocenters. The fraction of sp³-hybridized carbons (Fsp3) is 0.269. The van der Waals surface area contributed by atoms with Crippen LogP contribution in [-0.4, -0.2) is 63.3 Å². The summed E-state index contributed by atoms with van der Waals surface area (Å²) in [6, 6.07) is 10.9. The van der Waals surface area contributed by atoms with Crippen LogP contribution in [0.3, 0.4) is 0 Å². The number of halogens is 3. The van der Waals surface area contributed by atoms with Crippen molar-refractivity contribution in [1.82, 2.24) is 24.2 Å². The Morgan fingerprint density at radius 3 is 2.64 bits per heavy atom. The van der Waals surface area contributed by atoms with E-state index in [1.807, 2.05) is 22.4 Å². The van der Waals surface area contributed by atoms with Crippen molar-refractivity contribution in [1.29, 1.82) is 0 Å². The van der Waals surface area contributed by atoms with Gasteiger partial charge in [-0.25, -0.2) is 4.98 Å². The van der Waals surface area contributed by atoms with Crippen LogP contribution in [0, 0.1) is 0 Å². The van der Waals surface area contributed by atoms with E-state index in [1.165, 1.54) is 12.1 Å². The van der Waals surface area contributed by atoms with Crippen LogP contribution in [0.2, 0.25) is 0 Å². The maximum absolute atomic E-state index is 13.9. The molecule has 10 heteroatoms. The van der Waals surface area contributed by atoms with E-state index in [0.717, 1.165) is 30.4 Å². The van der Waals surface area contributed by atoms with Crippen molar-refractivity contribution in [2.45, 2.75) is 12.7 Å². The third kappa shape index (κ3) is 5.09. The van der Waals surface area contributed by atoms with Crippen molar-refractivity contribution in [3.05, 3.63) is 83.9 Å². The van der Waals surface area contributed by atoms with Crippen molar-refractivity contribution in [3.8, 4) is 11.3 Å². The molecule has 0 atom stereocenters. The molecule has 0 spiro atoms. The van der Waals surface area contributed by atoms with Gasteiger partial charge in [-0.05, 0) is 36.9 Å². The zero-order valence-corrected chi connectivity index (χ0v) is 19.7. The van der Waals surface area contributed by atoms with Gasteiger partial charge >= 0.3 is 6.18 Å². The van der Waals surface area contributed by atoms with Crippen molar-refractivity contribution in [3.63, 3.8) is 0 Å². The number of anilines is 1. The summed E-state index contributed by atoms with van der Waals surface area (Å²) in [6.45, 7) is 3.23. The molecule has 0 aliphatic carbocycles. The zero-order chi connectivity index (χ0) is 25.3. The standard InChI is InChI=1S/C26H25F3N6O/c1-33-9-11-34(12-10-33)17-20-6-5-19(14-22(20)26(27,28)29)25(36)32-21-4-2-3-18(13-21)23-15-31-24-16-30-7-8-35(23)24/h2-8,13-16H,9-12,17H2,1H3,(H,32,36). The molecule has 0 radical (unpaired) electrons. The second kappa shape index (κ2) is 9.71. The molecule has 1 N–H and O–H groups in total. The summed E-state index contributed by atoms with van der Waals surface area (Å²) < 4.78 is 43.6. The highest BCUT2D eigenvalue weighted by Gasteiger charge is 2.34. The molecule has 3 heterocycles. The van der Waals surface area contributed by atoms with E-state index in [0.29, 0.717) is 24.4 Å². The number of likely N-dealkylation sites (N-methyl/N-ethyl adjacent to an activating group) is 1. The van der Waals surface area contributed by atoms with E-state index in [1.54, 1.807) is 43.0 Å². The molecule has 1 amide bonds. The van der Waals surface area contributed by atoms with Gasteiger partial charge in [0.1, 0.15) is 0 Å². The molecule has 1 aliphatic heterocycles. The quantitative estimate of drug-likeness (QED) is 0.445. The predicted molar refractivity (Wildman–Crippen MR) is 131 cm³/mol. The summed E-state index contributed by atoms with van der Waals surface area (Å²) in [6.07, 6.45) is 2.21. The van der Waals surface area contributed by atoms with Gasteiger partial charge in [-0.1, -0.05) is 18.2 Å². The first-order valence-electron chi connectivity index (χ1n) is 11.6. The number of benzene rings is 2. The number of nitrogens with one attached hydrogen (secondary N) is 1. The number of amides is 1.